The summed E-state index contributed by atoms with van der Waals surface area (Å²) in [5.74, 6) is -1.87. The lowest BCUT2D eigenvalue weighted by atomic mass is 10.1. The molecule has 0 radical (unpaired) electrons. The lowest BCUT2D eigenvalue weighted by Crippen LogP contribution is -2.38. The van der Waals surface area contributed by atoms with Crippen LogP contribution in [0.15, 0.2) is 59.5 Å². The van der Waals surface area contributed by atoms with Crippen molar-refractivity contribution in [2.45, 2.75) is 35.7 Å². The van der Waals surface area contributed by atoms with Crippen LogP contribution in [0.2, 0.25) is 0 Å². The molecule has 1 aliphatic heterocycles. The summed E-state index contributed by atoms with van der Waals surface area (Å²) in [5, 5.41) is 6.84. The second kappa shape index (κ2) is 10.6. The van der Waals surface area contributed by atoms with E-state index in [9.17, 15) is 21.6 Å². The Labute approximate surface area is 179 Å². The highest BCUT2D eigenvalue weighted by Crippen LogP contribution is 2.26. The van der Waals surface area contributed by atoms with Gasteiger partial charge in [0.25, 0.3) is 0 Å². The number of nitrogens with zero attached hydrogens (tertiary/aromatic N) is 1. The van der Waals surface area contributed by atoms with Gasteiger partial charge in [0.15, 0.2) is 9.84 Å². The Bertz CT molecular complexity index is 956. The minimum atomic E-state index is -5.08. The summed E-state index contributed by atoms with van der Waals surface area (Å²) in [4.78, 5) is 11.6. The van der Waals surface area contributed by atoms with Crippen LogP contribution in [0.1, 0.15) is 18.4 Å². The highest BCUT2D eigenvalue weighted by Gasteiger charge is 2.38. The number of piperidine rings is 1. The van der Waals surface area contributed by atoms with Crippen LogP contribution in [-0.4, -0.2) is 56.0 Å². The number of benzene rings is 2. The number of likely N-dealkylation sites (tertiary alicyclic amines) is 1. The van der Waals surface area contributed by atoms with Gasteiger partial charge >= 0.3 is 12.1 Å². The highest BCUT2D eigenvalue weighted by atomic mass is 32.2. The molecule has 0 amide bonds. The fraction of sp³-hybridized carbons (Fsp3) is 0.381. The fourth-order valence-electron chi connectivity index (χ4n) is 3.25. The molecule has 6 nitrogen and oxygen atoms in total. The molecule has 170 valence electrons. The van der Waals surface area contributed by atoms with Crippen molar-refractivity contribution < 1.29 is 36.2 Å². The predicted molar refractivity (Wildman–Crippen MR) is 109 cm³/mol. The first-order valence-corrected chi connectivity index (χ1v) is 11.0. The maximum absolute atomic E-state index is 12.7. The van der Waals surface area contributed by atoms with Crippen molar-refractivity contribution in [3.8, 4) is 5.75 Å². The van der Waals surface area contributed by atoms with Gasteiger partial charge in [0, 0.05) is 12.1 Å². The second-order valence-corrected chi connectivity index (χ2v) is 9.18. The maximum atomic E-state index is 12.7. The number of aliphatic carboxylic acids is 1. The number of sulfone groups is 1. The maximum Gasteiger partial charge on any atom is 0.490 e. The minimum Gasteiger partial charge on any atom is -0.496 e. The van der Waals surface area contributed by atoms with Crippen LogP contribution < -0.4 is 4.74 Å². The number of para-hydroxylation sites is 1. The van der Waals surface area contributed by atoms with Gasteiger partial charge in [-0.05, 0) is 44.1 Å². The molecule has 0 aromatic heterocycles. The molecular weight excluding hydrogens is 435 g/mol. The van der Waals surface area contributed by atoms with Crippen LogP contribution >= 0.6 is 0 Å². The molecular formula is C21H24F3NO5S. The molecule has 0 saturated carbocycles. The number of carboxylic acid groups (broad SMARTS) is 1. The quantitative estimate of drug-likeness (QED) is 0.733. The van der Waals surface area contributed by atoms with Gasteiger partial charge in [-0.3, -0.25) is 4.90 Å². The molecule has 2 aromatic rings. The Balaban J connectivity index is 0.000000423. The fourth-order valence-corrected chi connectivity index (χ4v) is 5.01. The van der Waals surface area contributed by atoms with Crippen LogP contribution in [0.5, 0.6) is 5.75 Å². The van der Waals surface area contributed by atoms with Crippen LogP contribution in [0.3, 0.4) is 0 Å². The molecule has 3 rings (SSSR count). The van der Waals surface area contributed by atoms with Crippen molar-refractivity contribution in [3.05, 3.63) is 60.2 Å². The zero-order chi connectivity index (χ0) is 23.1. The van der Waals surface area contributed by atoms with Gasteiger partial charge in [0.1, 0.15) is 5.75 Å². The van der Waals surface area contributed by atoms with E-state index >= 15 is 0 Å². The molecule has 1 fully saturated rings. The SMILES string of the molecule is COc1ccccc1CN1CCC(S(=O)(=O)c2ccccc2)CC1.O=C(O)C(F)(F)F. The lowest BCUT2D eigenvalue weighted by Gasteiger charge is -2.32. The standard InChI is InChI=1S/C19H23NO3S.C2HF3O2/c1-23-19-10-6-5-7-16(19)15-20-13-11-18(12-14-20)24(21,22)17-8-3-2-4-9-17;3-2(4,5)1(6)7/h2-10,18H,11-15H2,1H3;(H,6,7). The summed E-state index contributed by atoms with van der Waals surface area (Å²) in [6.45, 7) is 2.37. The van der Waals surface area contributed by atoms with E-state index in [1.54, 1.807) is 31.4 Å². The third-order valence-corrected chi connectivity index (χ3v) is 7.15. The normalized spacial score (nSPS) is 15.6. The minimum absolute atomic E-state index is 0.284. The average Bonchev–Trinajstić information content (AvgIpc) is 2.75. The molecule has 10 heteroatoms. The van der Waals surface area contributed by atoms with Gasteiger partial charge in [-0.2, -0.15) is 13.2 Å². The van der Waals surface area contributed by atoms with Crippen LogP contribution in [0, 0.1) is 0 Å². The number of carboxylic acids is 1. The zero-order valence-corrected chi connectivity index (χ0v) is 17.7. The van der Waals surface area contributed by atoms with Crippen molar-refractivity contribution in [2.24, 2.45) is 0 Å². The molecule has 2 aromatic carbocycles. The van der Waals surface area contributed by atoms with Crippen LogP contribution in [-0.2, 0) is 21.2 Å². The number of carbonyl (C=O) groups is 1. The average molecular weight is 459 g/mol. The molecule has 0 aliphatic carbocycles. The van der Waals surface area contributed by atoms with E-state index in [0.29, 0.717) is 17.7 Å². The Kier molecular flexibility index (Phi) is 8.46. The summed E-state index contributed by atoms with van der Waals surface area (Å²) in [6.07, 6.45) is -3.74. The number of alkyl halides is 3. The van der Waals surface area contributed by atoms with Crippen molar-refractivity contribution in [2.75, 3.05) is 20.2 Å². The number of rotatable bonds is 5. The van der Waals surface area contributed by atoms with E-state index in [4.69, 9.17) is 14.6 Å². The predicted octanol–water partition coefficient (Wildman–Crippen LogP) is 3.77. The number of ether oxygens (including phenoxy) is 1. The molecule has 1 N–H and O–H groups in total. The van der Waals surface area contributed by atoms with Gasteiger partial charge in [-0.25, -0.2) is 13.2 Å². The van der Waals surface area contributed by atoms with Gasteiger partial charge in [0.2, 0.25) is 0 Å². The highest BCUT2D eigenvalue weighted by molar-refractivity contribution is 7.92. The van der Waals surface area contributed by atoms with E-state index < -0.39 is 22.0 Å². The van der Waals surface area contributed by atoms with Gasteiger partial charge < -0.3 is 9.84 Å². The van der Waals surface area contributed by atoms with Crippen LogP contribution in [0.25, 0.3) is 0 Å². The third-order valence-electron chi connectivity index (χ3n) is 4.87. The van der Waals surface area contributed by atoms with Gasteiger partial charge in [0.05, 0.1) is 17.3 Å². The molecule has 0 unspecified atom stereocenters. The van der Waals surface area contributed by atoms with Gasteiger partial charge in [-0.15, -0.1) is 0 Å². The molecule has 1 aliphatic rings. The Morgan fingerprint density at radius 3 is 2.10 bits per heavy atom. The van der Waals surface area contributed by atoms with E-state index in [1.807, 2.05) is 24.3 Å². The van der Waals surface area contributed by atoms with E-state index in [2.05, 4.69) is 11.0 Å². The van der Waals surface area contributed by atoms with Crippen molar-refractivity contribution in [1.29, 1.82) is 0 Å². The summed E-state index contributed by atoms with van der Waals surface area (Å²) in [6, 6.07) is 16.8. The summed E-state index contributed by atoms with van der Waals surface area (Å²) in [7, 11) is -1.54. The van der Waals surface area contributed by atoms with E-state index in [0.717, 1.165) is 30.9 Å². The topological polar surface area (TPSA) is 83.9 Å². The van der Waals surface area contributed by atoms with Crippen molar-refractivity contribution in [3.63, 3.8) is 0 Å². The van der Waals surface area contributed by atoms with Crippen molar-refractivity contribution >= 4 is 15.8 Å². The molecule has 0 bridgehead atoms. The zero-order valence-electron chi connectivity index (χ0n) is 16.9. The summed E-state index contributed by atoms with van der Waals surface area (Å²) >= 11 is 0. The molecule has 0 atom stereocenters. The van der Waals surface area contributed by atoms with E-state index in [1.165, 1.54) is 0 Å². The summed E-state index contributed by atoms with van der Waals surface area (Å²) in [5.41, 5.74) is 1.14. The van der Waals surface area contributed by atoms with E-state index in [-0.39, 0.29) is 5.25 Å². The number of hydrogen-bond donors (Lipinski definition) is 1. The molecule has 1 heterocycles. The number of halogens is 3. The second-order valence-electron chi connectivity index (χ2n) is 6.95. The largest absolute Gasteiger partial charge is 0.496 e. The number of methoxy groups -OCH3 is 1. The lowest BCUT2D eigenvalue weighted by molar-refractivity contribution is -0.192. The Hall–Kier alpha value is -2.59. The summed E-state index contributed by atoms with van der Waals surface area (Å²) < 4.78 is 62.6. The number of hydrogen-bond acceptors (Lipinski definition) is 5. The van der Waals surface area contributed by atoms with Gasteiger partial charge in [-0.1, -0.05) is 36.4 Å². The monoisotopic (exact) mass is 459 g/mol. The molecule has 0 spiro atoms. The molecule has 1 saturated heterocycles. The smallest absolute Gasteiger partial charge is 0.490 e. The Morgan fingerprint density at radius 2 is 1.58 bits per heavy atom. The molecule has 31 heavy (non-hydrogen) atoms. The first kappa shape index (κ1) is 24.7. The van der Waals surface area contributed by atoms with Crippen LogP contribution in [0.4, 0.5) is 13.2 Å². The van der Waals surface area contributed by atoms with Crippen molar-refractivity contribution in [1.82, 2.24) is 4.90 Å². The first-order valence-electron chi connectivity index (χ1n) is 9.49. The first-order chi connectivity index (χ1) is 14.6. The Morgan fingerprint density at radius 1 is 1.06 bits per heavy atom. The third kappa shape index (κ3) is 6.96.